The van der Waals surface area contributed by atoms with Gasteiger partial charge < -0.3 is 31.3 Å². The van der Waals surface area contributed by atoms with Gasteiger partial charge >= 0.3 is 17.9 Å². The van der Waals surface area contributed by atoms with E-state index in [0.29, 0.717) is 36.3 Å². The zero-order valence-electron chi connectivity index (χ0n) is 54.8. The second-order valence-electron chi connectivity index (χ2n) is 23.2. The maximum atomic E-state index is 12.0. The summed E-state index contributed by atoms with van der Waals surface area (Å²) in [6, 6.07) is 19.5. The fourth-order valence-corrected chi connectivity index (χ4v) is 10.0. The molecule has 0 radical (unpaired) electrons. The van der Waals surface area contributed by atoms with Crippen molar-refractivity contribution in [2.45, 2.75) is 290 Å². The van der Waals surface area contributed by atoms with Gasteiger partial charge in [0.05, 0.1) is 33.8 Å². The molecule has 12 nitrogen and oxygen atoms in total. The summed E-state index contributed by atoms with van der Waals surface area (Å²) in [4.78, 5) is 69.5. The van der Waals surface area contributed by atoms with Crippen LogP contribution in [0, 0.1) is 0 Å². The molecule has 88 heavy (non-hydrogen) atoms. The van der Waals surface area contributed by atoms with Gasteiger partial charge in [-0.3, -0.25) is 14.4 Å². The Morgan fingerprint density at radius 2 is 0.466 bits per heavy atom. The summed E-state index contributed by atoms with van der Waals surface area (Å²) in [6.07, 6.45) is 63.1. The first kappa shape index (κ1) is 82.2. The standard InChI is InChI=1S/3C25H39NO3.Cr/c3*1-2-3-4-5-6-7-8-9-10-11-12-13-14-15-16-21-24(27)26-23-20-18-17-19-22(23)25(28)29;/h3*9-10,17-20H,2-8,11-16,21H2,1H3,(H,26,27)(H,28,29);. The summed E-state index contributed by atoms with van der Waals surface area (Å²) in [5.74, 6) is -3.42. The minimum absolute atomic E-state index is 0. The molecule has 3 rings (SSSR count). The largest absolute Gasteiger partial charge is 0.478 e. The van der Waals surface area contributed by atoms with Gasteiger partial charge in [0.1, 0.15) is 0 Å². The minimum atomic E-state index is -1.03. The number of carboxylic acid groups (broad SMARTS) is 3. The van der Waals surface area contributed by atoms with Crippen molar-refractivity contribution in [2.75, 3.05) is 16.0 Å². The van der Waals surface area contributed by atoms with Crippen LogP contribution in [0.1, 0.15) is 322 Å². The normalized spacial score (nSPS) is 10.9. The summed E-state index contributed by atoms with van der Waals surface area (Å²) < 4.78 is 0. The van der Waals surface area contributed by atoms with Crippen LogP contribution in [0.25, 0.3) is 0 Å². The number of unbranched alkanes of at least 4 members (excludes halogenated alkanes) is 33. The summed E-state index contributed by atoms with van der Waals surface area (Å²) >= 11 is 0. The maximum Gasteiger partial charge on any atom is 0.337 e. The van der Waals surface area contributed by atoms with Gasteiger partial charge in [-0.1, -0.05) is 248 Å². The Hall–Kier alpha value is -5.77. The topological polar surface area (TPSA) is 199 Å². The van der Waals surface area contributed by atoms with Crippen LogP contribution in [0.5, 0.6) is 0 Å². The molecule has 0 aliphatic rings. The van der Waals surface area contributed by atoms with Crippen LogP contribution < -0.4 is 16.0 Å². The van der Waals surface area contributed by atoms with E-state index in [1.165, 1.54) is 192 Å². The second-order valence-corrected chi connectivity index (χ2v) is 23.2. The Morgan fingerprint density at radius 1 is 0.284 bits per heavy atom. The van der Waals surface area contributed by atoms with E-state index in [1.54, 1.807) is 54.6 Å². The van der Waals surface area contributed by atoms with E-state index in [4.69, 9.17) is 15.3 Å². The van der Waals surface area contributed by atoms with Crippen molar-refractivity contribution < 1.29 is 61.4 Å². The Labute approximate surface area is 543 Å². The van der Waals surface area contributed by atoms with Gasteiger partial charge in [-0.05, 0) is 133 Å². The molecule has 0 aromatic heterocycles. The first-order valence-electron chi connectivity index (χ1n) is 34.3. The predicted octanol–water partition coefficient (Wildman–Crippen LogP) is 22.1. The molecule has 3 aromatic rings. The smallest absolute Gasteiger partial charge is 0.337 e. The number of carbonyl (C=O) groups excluding carboxylic acids is 3. The molecule has 0 atom stereocenters. The number of carbonyl (C=O) groups is 6. The van der Waals surface area contributed by atoms with E-state index in [2.05, 4.69) is 73.2 Å². The fourth-order valence-electron chi connectivity index (χ4n) is 10.0. The van der Waals surface area contributed by atoms with Crippen molar-refractivity contribution in [3.8, 4) is 0 Å². The van der Waals surface area contributed by atoms with E-state index in [9.17, 15) is 28.8 Å². The number of anilines is 3. The van der Waals surface area contributed by atoms with Gasteiger partial charge in [0.25, 0.3) is 0 Å². The average Bonchev–Trinajstić information content (AvgIpc) is 3.25. The molecule has 0 fully saturated rings. The molecule has 0 unspecified atom stereocenters. The molecule has 492 valence electrons. The summed E-state index contributed by atoms with van der Waals surface area (Å²) in [7, 11) is 0. The number of benzene rings is 3. The van der Waals surface area contributed by atoms with E-state index in [0.717, 1.165) is 77.0 Å². The molecule has 0 aliphatic heterocycles. The van der Waals surface area contributed by atoms with E-state index in [1.807, 2.05) is 0 Å². The van der Waals surface area contributed by atoms with Gasteiger partial charge in [-0.15, -0.1) is 0 Å². The van der Waals surface area contributed by atoms with E-state index < -0.39 is 17.9 Å². The molecule has 0 aliphatic carbocycles. The number of aromatic carboxylic acids is 3. The molecule has 0 spiro atoms. The van der Waals surface area contributed by atoms with Gasteiger partial charge in [0.15, 0.2) is 0 Å². The Kier molecular flexibility index (Phi) is 56.2. The molecule has 3 amide bonds. The quantitative estimate of drug-likeness (QED) is 0.0235. The van der Waals surface area contributed by atoms with E-state index >= 15 is 0 Å². The summed E-state index contributed by atoms with van der Waals surface area (Å²) in [6.45, 7) is 6.76. The third-order valence-corrected chi connectivity index (χ3v) is 15.3. The van der Waals surface area contributed by atoms with Crippen LogP contribution in [0.4, 0.5) is 17.1 Å². The molecule has 0 saturated carbocycles. The molecule has 3 aromatic carbocycles. The van der Waals surface area contributed by atoms with Gasteiger partial charge in [0, 0.05) is 36.6 Å². The number of hydrogen-bond donors (Lipinski definition) is 6. The number of nitrogens with one attached hydrogen (secondary N) is 3. The number of carboxylic acids is 3. The number of allylic oxidation sites excluding steroid dienone is 6. The van der Waals surface area contributed by atoms with Crippen molar-refractivity contribution in [3.63, 3.8) is 0 Å². The monoisotopic (exact) mass is 1260 g/mol. The number of para-hydroxylation sites is 3. The number of rotatable bonds is 51. The Balaban J connectivity index is 0.00000128. The molecule has 0 saturated heterocycles. The SMILES string of the molecule is CCCCCCCCC=CCCCCCCCC(=O)Nc1ccccc1C(=O)O.CCCCCCCCC=CCCCCCCCC(=O)Nc1ccccc1C(=O)O.CCCCCCCCC=CCCCCCCCC(=O)Nc1ccccc1C(=O)O.[Cr]. The molecular formula is C75H117CrN3O9. The fraction of sp³-hybridized carbons (Fsp3) is 0.600. The van der Waals surface area contributed by atoms with Crippen molar-refractivity contribution in [1.82, 2.24) is 0 Å². The van der Waals surface area contributed by atoms with Gasteiger partial charge in [-0.25, -0.2) is 14.4 Å². The number of amides is 3. The van der Waals surface area contributed by atoms with Crippen molar-refractivity contribution in [3.05, 3.63) is 126 Å². The Bertz CT molecular complexity index is 2090. The van der Waals surface area contributed by atoms with Crippen molar-refractivity contribution in [2.24, 2.45) is 0 Å². The van der Waals surface area contributed by atoms with Crippen LogP contribution in [-0.4, -0.2) is 50.9 Å². The first-order valence-corrected chi connectivity index (χ1v) is 34.3. The zero-order chi connectivity index (χ0) is 63.5. The first-order chi connectivity index (χ1) is 42.4. The van der Waals surface area contributed by atoms with E-state index in [-0.39, 0.29) is 51.8 Å². The van der Waals surface area contributed by atoms with Crippen molar-refractivity contribution in [1.29, 1.82) is 0 Å². The number of hydrogen-bond acceptors (Lipinski definition) is 6. The van der Waals surface area contributed by atoms with Gasteiger partial charge in [0.2, 0.25) is 17.7 Å². The maximum absolute atomic E-state index is 12.0. The van der Waals surface area contributed by atoms with Crippen LogP contribution in [0.15, 0.2) is 109 Å². The van der Waals surface area contributed by atoms with Crippen LogP contribution in [0.3, 0.4) is 0 Å². The molecular weight excluding hydrogens is 1140 g/mol. The van der Waals surface area contributed by atoms with Crippen LogP contribution >= 0.6 is 0 Å². The average molecular weight is 1260 g/mol. The summed E-state index contributed by atoms with van der Waals surface area (Å²) in [5, 5.41) is 35.6. The molecule has 0 bridgehead atoms. The van der Waals surface area contributed by atoms with Crippen molar-refractivity contribution >= 4 is 52.7 Å². The molecule has 0 heterocycles. The van der Waals surface area contributed by atoms with Crippen LogP contribution in [0.2, 0.25) is 0 Å². The second kappa shape index (κ2) is 60.2. The predicted molar refractivity (Wildman–Crippen MR) is 364 cm³/mol. The zero-order valence-corrected chi connectivity index (χ0v) is 56.1. The summed E-state index contributed by atoms with van der Waals surface area (Å²) in [5.41, 5.74) is 1.51. The third kappa shape index (κ3) is 48.2. The molecule has 13 heteroatoms. The van der Waals surface area contributed by atoms with Gasteiger partial charge in [-0.2, -0.15) is 0 Å². The third-order valence-electron chi connectivity index (χ3n) is 15.3. The van der Waals surface area contributed by atoms with Crippen LogP contribution in [-0.2, 0) is 31.7 Å². The molecule has 6 N–H and O–H groups in total. The Morgan fingerprint density at radius 3 is 0.670 bits per heavy atom. The minimum Gasteiger partial charge on any atom is -0.478 e.